The second-order valence-corrected chi connectivity index (χ2v) is 7.36. The normalized spacial score (nSPS) is 11.6. The summed E-state index contributed by atoms with van der Waals surface area (Å²) in [5, 5.41) is 3.45. The molecule has 1 N–H and O–H groups in total. The standard InChI is InChI=1S/C18H14ClF2N5OS/c19-11-5-6-15-23-12(9-25(15)8-11)7-22-16(27)10-26-14-4-2-1-3-13(14)24-18(26)28-17(20)21/h1-6,8-9,17H,7,10H2,(H,22,27). The van der Waals surface area contributed by atoms with Crippen molar-refractivity contribution in [3.8, 4) is 0 Å². The number of hydrogen-bond donors (Lipinski definition) is 1. The summed E-state index contributed by atoms with van der Waals surface area (Å²) < 4.78 is 29.0. The molecule has 10 heteroatoms. The van der Waals surface area contributed by atoms with Crippen molar-refractivity contribution < 1.29 is 13.6 Å². The van der Waals surface area contributed by atoms with Crippen LogP contribution in [0.2, 0.25) is 5.02 Å². The van der Waals surface area contributed by atoms with E-state index >= 15 is 0 Å². The Bertz CT molecular complexity index is 1160. The zero-order valence-electron chi connectivity index (χ0n) is 14.3. The lowest BCUT2D eigenvalue weighted by Gasteiger charge is -2.09. The number of carbonyl (C=O) groups is 1. The SMILES string of the molecule is O=C(Cn1c(SC(F)F)nc2ccccc21)NCc1cn2cc(Cl)ccc2n1. The maximum absolute atomic E-state index is 12.9. The van der Waals surface area contributed by atoms with Gasteiger partial charge in [-0.25, -0.2) is 9.97 Å². The van der Waals surface area contributed by atoms with Gasteiger partial charge in [-0.05, 0) is 36.0 Å². The van der Waals surface area contributed by atoms with Crippen molar-refractivity contribution in [1.29, 1.82) is 0 Å². The number of aromatic nitrogens is 4. The van der Waals surface area contributed by atoms with E-state index in [1.807, 2.05) is 0 Å². The van der Waals surface area contributed by atoms with Gasteiger partial charge in [-0.3, -0.25) is 4.79 Å². The van der Waals surface area contributed by atoms with Crippen LogP contribution in [0.3, 0.4) is 0 Å². The van der Waals surface area contributed by atoms with Crippen molar-refractivity contribution in [2.24, 2.45) is 0 Å². The van der Waals surface area contributed by atoms with Crippen LogP contribution in [-0.2, 0) is 17.9 Å². The molecule has 0 spiro atoms. The van der Waals surface area contributed by atoms with Crippen LogP contribution in [0.25, 0.3) is 16.7 Å². The van der Waals surface area contributed by atoms with Crippen molar-refractivity contribution in [2.75, 3.05) is 0 Å². The topological polar surface area (TPSA) is 64.2 Å². The molecule has 0 atom stereocenters. The summed E-state index contributed by atoms with van der Waals surface area (Å²) in [6.07, 6.45) is 3.49. The number of halogens is 3. The number of thioether (sulfide) groups is 1. The molecule has 0 fully saturated rings. The van der Waals surface area contributed by atoms with Crippen molar-refractivity contribution in [3.63, 3.8) is 0 Å². The summed E-state index contributed by atoms with van der Waals surface area (Å²) >= 11 is 6.27. The maximum Gasteiger partial charge on any atom is 0.291 e. The third kappa shape index (κ3) is 3.95. The van der Waals surface area contributed by atoms with E-state index in [1.165, 1.54) is 4.57 Å². The Morgan fingerprint density at radius 1 is 1.18 bits per heavy atom. The maximum atomic E-state index is 12.9. The molecule has 144 valence electrons. The third-order valence-corrected chi connectivity index (χ3v) is 4.97. The number of rotatable bonds is 6. The van der Waals surface area contributed by atoms with Crippen LogP contribution in [0.5, 0.6) is 0 Å². The zero-order valence-corrected chi connectivity index (χ0v) is 15.9. The largest absolute Gasteiger partial charge is 0.349 e. The molecular weight excluding hydrogens is 408 g/mol. The van der Waals surface area contributed by atoms with Crippen LogP contribution >= 0.6 is 23.4 Å². The summed E-state index contributed by atoms with van der Waals surface area (Å²) in [6, 6.07) is 10.5. The number of hydrogen-bond acceptors (Lipinski definition) is 4. The smallest absolute Gasteiger partial charge is 0.291 e. The number of fused-ring (bicyclic) bond motifs is 2. The highest BCUT2D eigenvalue weighted by Crippen LogP contribution is 2.28. The molecule has 1 aromatic carbocycles. The predicted octanol–water partition coefficient (Wildman–Crippen LogP) is 3.97. The van der Waals surface area contributed by atoms with E-state index in [2.05, 4.69) is 15.3 Å². The van der Waals surface area contributed by atoms with Crippen molar-refractivity contribution in [1.82, 2.24) is 24.3 Å². The lowest BCUT2D eigenvalue weighted by molar-refractivity contribution is -0.121. The molecule has 0 saturated heterocycles. The van der Waals surface area contributed by atoms with Gasteiger partial charge >= 0.3 is 0 Å². The zero-order chi connectivity index (χ0) is 19.7. The molecule has 3 heterocycles. The van der Waals surface area contributed by atoms with Gasteiger partial charge in [-0.1, -0.05) is 23.7 Å². The van der Waals surface area contributed by atoms with Crippen LogP contribution in [0.15, 0.2) is 53.9 Å². The molecule has 4 aromatic rings. The van der Waals surface area contributed by atoms with Gasteiger partial charge in [0.05, 0.1) is 28.3 Å². The monoisotopic (exact) mass is 421 g/mol. The number of para-hydroxylation sites is 2. The summed E-state index contributed by atoms with van der Waals surface area (Å²) in [5.74, 6) is -2.95. The van der Waals surface area contributed by atoms with E-state index in [4.69, 9.17) is 11.6 Å². The van der Waals surface area contributed by atoms with E-state index in [1.54, 1.807) is 53.2 Å². The Hall–Kier alpha value is -2.65. The minimum absolute atomic E-state index is 0.105. The summed E-state index contributed by atoms with van der Waals surface area (Å²) in [5.41, 5.74) is 2.57. The van der Waals surface area contributed by atoms with Gasteiger partial charge in [0.25, 0.3) is 5.76 Å². The first-order chi connectivity index (χ1) is 13.5. The van der Waals surface area contributed by atoms with Gasteiger partial charge < -0.3 is 14.3 Å². The Kier molecular flexibility index (Phi) is 5.19. The molecule has 0 saturated carbocycles. The number of pyridine rings is 1. The lowest BCUT2D eigenvalue weighted by Crippen LogP contribution is -2.27. The van der Waals surface area contributed by atoms with Crippen LogP contribution in [-0.4, -0.2) is 30.6 Å². The second-order valence-electron chi connectivity index (χ2n) is 5.97. The molecule has 0 bridgehead atoms. The molecule has 28 heavy (non-hydrogen) atoms. The van der Waals surface area contributed by atoms with Crippen molar-refractivity contribution in [3.05, 3.63) is 59.5 Å². The first kappa shape index (κ1) is 18.7. The molecule has 0 unspecified atom stereocenters. The summed E-state index contributed by atoms with van der Waals surface area (Å²) in [6.45, 7) is 0.0941. The Morgan fingerprint density at radius 3 is 2.82 bits per heavy atom. The highest BCUT2D eigenvalue weighted by Gasteiger charge is 2.17. The van der Waals surface area contributed by atoms with Gasteiger partial charge in [0.2, 0.25) is 5.91 Å². The highest BCUT2D eigenvalue weighted by atomic mass is 35.5. The van der Waals surface area contributed by atoms with Crippen molar-refractivity contribution >= 4 is 46.0 Å². The van der Waals surface area contributed by atoms with Gasteiger partial charge in [0.15, 0.2) is 5.16 Å². The fourth-order valence-corrected chi connectivity index (χ4v) is 3.64. The Balaban J connectivity index is 1.50. The van der Waals surface area contributed by atoms with Gasteiger partial charge in [-0.2, -0.15) is 8.78 Å². The average molecular weight is 422 g/mol. The quantitative estimate of drug-likeness (QED) is 0.478. The van der Waals surface area contributed by atoms with E-state index in [0.29, 0.717) is 39.2 Å². The summed E-state index contributed by atoms with van der Waals surface area (Å²) in [4.78, 5) is 21.0. The Morgan fingerprint density at radius 2 is 2.00 bits per heavy atom. The lowest BCUT2D eigenvalue weighted by atomic mass is 10.3. The number of nitrogens with zero attached hydrogens (tertiary/aromatic N) is 4. The number of alkyl halides is 2. The predicted molar refractivity (Wildman–Crippen MR) is 104 cm³/mol. The first-order valence-corrected chi connectivity index (χ1v) is 9.55. The van der Waals surface area contributed by atoms with Gasteiger partial charge in [0.1, 0.15) is 12.2 Å². The molecule has 0 aliphatic carbocycles. The van der Waals surface area contributed by atoms with Crippen LogP contribution < -0.4 is 5.32 Å². The van der Waals surface area contributed by atoms with Crippen LogP contribution in [0, 0.1) is 0 Å². The van der Waals surface area contributed by atoms with Crippen LogP contribution in [0.1, 0.15) is 5.69 Å². The minimum Gasteiger partial charge on any atom is -0.349 e. The highest BCUT2D eigenvalue weighted by molar-refractivity contribution is 7.99. The molecule has 3 aromatic heterocycles. The van der Waals surface area contributed by atoms with E-state index in [0.717, 1.165) is 0 Å². The molecule has 0 aliphatic rings. The van der Waals surface area contributed by atoms with E-state index in [9.17, 15) is 13.6 Å². The Labute approximate surface area is 167 Å². The fraction of sp³-hybridized carbons (Fsp3) is 0.167. The number of carbonyl (C=O) groups excluding carboxylic acids is 1. The molecule has 1 amide bonds. The third-order valence-electron chi connectivity index (χ3n) is 4.05. The fourth-order valence-electron chi connectivity index (χ4n) is 2.87. The van der Waals surface area contributed by atoms with Crippen molar-refractivity contribution in [2.45, 2.75) is 24.0 Å². The number of amides is 1. The van der Waals surface area contributed by atoms with Gasteiger partial charge in [0, 0.05) is 12.4 Å². The van der Waals surface area contributed by atoms with Crippen LogP contribution in [0.4, 0.5) is 8.78 Å². The molecule has 0 aliphatic heterocycles. The first-order valence-electron chi connectivity index (χ1n) is 8.29. The van der Waals surface area contributed by atoms with Gasteiger partial charge in [-0.15, -0.1) is 0 Å². The average Bonchev–Trinajstić information content (AvgIpc) is 3.20. The molecule has 4 rings (SSSR count). The summed E-state index contributed by atoms with van der Waals surface area (Å²) in [7, 11) is 0. The molecule has 6 nitrogen and oxygen atoms in total. The number of imidazole rings is 2. The van der Waals surface area contributed by atoms with E-state index < -0.39 is 5.76 Å². The molecular formula is C18H14ClF2N5OS. The second kappa shape index (κ2) is 7.76. The molecule has 0 radical (unpaired) electrons. The number of nitrogens with one attached hydrogen (secondary N) is 1. The number of benzene rings is 1. The minimum atomic E-state index is -2.62. The van der Waals surface area contributed by atoms with E-state index in [-0.39, 0.29) is 24.2 Å².